The Morgan fingerprint density at radius 1 is 1.60 bits per heavy atom. The maximum absolute atomic E-state index is 12.2. The quantitative estimate of drug-likeness (QED) is 0.801. The third-order valence-corrected chi connectivity index (χ3v) is 3.84. The largest absolute Gasteiger partial charge is 0.481 e. The van der Waals surface area contributed by atoms with Crippen LogP contribution in [-0.4, -0.2) is 51.9 Å². The smallest absolute Gasteiger partial charge is 0.305 e. The molecule has 2 N–H and O–H groups in total. The summed E-state index contributed by atoms with van der Waals surface area (Å²) in [5.74, 6) is -1.78. The van der Waals surface area contributed by atoms with Crippen LogP contribution in [0.15, 0.2) is 5.38 Å². The molecule has 0 aromatic carbocycles. The van der Waals surface area contributed by atoms with E-state index in [1.54, 1.807) is 5.38 Å². The second-order valence-electron chi connectivity index (χ2n) is 4.53. The van der Waals surface area contributed by atoms with Gasteiger partial charge in [0.1, 0.15) is 6.04 Å². The van der Waals surface area contributed by atoms with E-state index in [9.17, 15) is 14.4 Å². The third-order valence-electron chi connectivity index (χ3n) is 3.02. The fraction of sp³-hybridized carbons (Fsp3) is 0.500. The molecule has 2 rings (SSSR count). The standard InChI is InChI=1S/C12H15N3O4S/c1-7-14-8(6-20-7)4-10(16)15-3-2-13-12(19)9(15)5-11(17)18/h6,9H,2-5H2,1H3,(H,13,19)(H,17,18). The van der Waals surface area contributed by atoms with E-state index in [1.807, 2.05) is 6.92 Å². The zero-order chi connectivity index (χ0) is 14.7. The highest BCUT2D eigenvalue weighted by Gasteiger charge is 2.34. The van der Waals surface area contributed by atoms with E-state index >= 15 is 0 Å². The van der Waals surface area contributed by atoms with Crippen LogP contribution < -0.4 is 5.32 Å². The lowest BCUT2D eigenvalue weighted by Gasteiger charge is -2.34. The Bertz CT molecular complexity index is 543. The number of aryl methyl sites for hydroxylation is 1. The number of hydrogen-bond acceptors (Lipinski definition) is 5. The van der Waals surface area contributed by atoms with Crippen molar-refractivity contribution in [2.24, 2.45) is 0 Å². The van der Waals surface area contributed by atoms with Gasteiger partial charge in [-0.15, -0.1) is 11.3 Å². The summed E-state index contributed by atoms with van der Waals surface area (Å²) < 4.78 is 0. The van der Waals surface area contributed by atoms with E-state index in [-0.39, 0.29) is 18.7 Å². The maximum atomic E-state index is 12.2. The molecule has 1 fully saturated rings. The van der Waals surface area contributed by atoms with E-state index in [2.05, 4.69) is 10.3 Å². The Balaban J connectivity index is 2.08. The summed E-state index contributed by atoms with van der Waals surface area (Å²) in [5, 5.41) is 14.1. The molecule has 1 aliphatic heterocycles. The number of aliphatic carboxylic acids is 1. The van der Waals surface area contributed by atoms with Crippen molar-refractivity contribution in [1.82, 2.24) is 15.2 Å². The summed E-state index contributed by atoms with van der Waals surface area (Å²) in [6, 6.07) is -0.937. The number of carbonyl (C=O) groups excluding carboxylic acids is 2. The summed E-state index contributed by atoms with van der Waals surface area (Å²) in [6.45, 7) is 2.52. The molecule has 8 heteroatoms. The van der Waals surface area contributed by atoms with Crippen LogP contribution in [0.2, 0.25) is 0 Å². The van der Waals surface area contributed by atoms with Crippen molar-refractivity contribution >= 4 is 29.1 Å². The highest BCUT2D eigenvalue weighted by molar-refractivity contribution is 7.09. The summed E-state index contributed by atoms with van der Waals surface area (Å²) in [6.07, 6.45) is -0.290. The van der Waals surface area contributed by atoms with Crippen LogP contribution in [-0.2, 0) is 20.8 Å². The molecule has 1 aromatic heterocycles. The Labute approximate surface area is 119 Å². The van der Waals surface area contributed by atoms with Crippen molar-refractivity contribution in [3.63, 3.8) is 0 Å². The van der Waals surface area contributed by atoms with Gasteiger partial charge in [0.25, 0.3) is 0 Å². The summed E-state index contributed by atoms with van der Waals surface area (Å²) >= 11 is 1.45. The normalized spacial score (nSPS) is 18.8. The molecule has 1 saturated heterocycles. The first-order chi connectivity index (χ1) is 9.47. The van der Waals surface area contributed by atoms with Gasteiger partial charge in [0.2, 0.25) is 11.8 Å². The average Bonchev–Trinajstić information content (AvgIpc) is 2.76. The van der Waals surface area contributed by atoms with Crippen LogP contribution >= 0.6 is 11.3 Å². The molecule has 0 bridgehead atoms. The van der Waals surface area contributed by atoms with Crippen molar-refractivity contribution in [1.29, 1.82) is 0 Å². The van der Waals surface area contributed by atoms with Gasteiger partial charge in [-0.2, -0.15) is 0 Å². The minimum absolute atomic E-state index is 0.0910. The minimum atomic E-state index is -1.10. The highest BCUT2D eigenvalue weighted by Crippen LogP contribution is 2.14. The van der Waals surface area contributed by atoms with Crippen molar-refractivity contribution < 1.29 is 19.5 Å². The van der Waals surface area contributed by atoms with Crippen molar-refractivity contribution in [2.75, 3.05) is 13.1 Å². The highest BCUT2D eigenvalue weighted by atomic mass is 32.1. The Kier molecular flexibility index (Phi) is 4.33. The average molecular weight is 297 g/mol. The van der Waals surface area contributed by atoms with Crippen LogP contribution in [0.5, 0.6) is 0 Å². The molecule has 7 nitrogen and oxygen atoms in total. The minimum Gasteiger partial charge on any atom is -0.481 e. The lowest BCUT2D eigenvalue weighted by Crippen LogP contribution is -2.58. The van der Waals surface area contributed by atoms with E-state index in [0.717, 1.165) is 5.01 Å². The maximum Gasteiger partial charge on any atom is 0.305 e. The number of carboxylic acids is 1. The molecule has 1 atom stereocenters. The van der Waals surface area contributed by atoms with E-state index in [1.165, 1.54) is 16.2 Å². The Morgan fingerprint density at radius 3 is 2.95 bits per heavy atom. The number of amides is 2. The van der Waals surface area contributed by atoms with E-state index in [4.69, 9.17) is 5.11 Å². The predicted octanol–water partition coefficient (Wildman–Crippen LogP) is -0.204. The lowest BCUT2D eigenvalue weighted by molar-refractivity contribution is -0.148. The molecule has 20 heavy (non-hydrogen) atoms. The van der Waals surface area contributed by atoms with Gasteiger partial charge in [0, 0.05) is 18.5 Å². The van der Waals surface area contributed by atoms with Crippen LogP contribution in [0, 0.1) is 6.92 Å². The second-order valence-corrected chi connectivity index (χ2v) is 5.59. The third kappa shape index (κ3) is 3.32. The van der Waals surface area contributed by atoms with Gasteiger partial charge in [-0.05, 0) is 6.92 Å². The SMILES string of the molecule is Cc1nc(CC(=O)N2CCNC(=O)C2CC(=O)O)cs1. The van der Waals surface area contributed by atoms with Gasteiger partial charge in [-0.3, -0.25) is 14.4 Å². The van der Waals surface area contributed by atoms with Crippen molar-refractivity contribution in [3.05, 3.63) is 16.1 Å². The molecule has 0 spiro atoms. The molecule has 2 heterocycles. The fourth-order valence-corrected chi connectivity index (χ4v) is 2.74. The molecule has 1 unspecified atom stereocenters. The zero-order valence-corrected chi connectivity index (χ0v) is 11.8. The molecule has 0 aliphatic carbocycles. The number of carboxylic acid groups (broad SMARTS) is 1. The van der Waals surface area contributed by atoms with E-state index in [0.29, 0.717) is 18.8 Å². The first-order valence-corrected chi connectivity index (χ1v) is 7.05. The Hall–Kier alpha value is -1.96. The number of nitrogens with zero attached hydrogens (tertiary/aromatic N) is 2. The van der Waals surface area contributed by atoms with E-state index < -0.39 is 17.9 Å². The fourth-order valence-electron chi connectivity index (χ4n) is 2.13. The van der Waals surface area contributed by atoms with Crippen LogP contribution in [0.25, 0.3) is 0 Å². The first kappa shape index (κ1) is 14.4. The van der Waals surface area contributed by atoms with Crippen LogP contribution in [0.3, 0.4) is 0 Å². The van der Waals surface area contributed by atoms with Gasteiger partial charge in [-0.25, -0.2) is 4.98 Å². The first-order valence-electron chi connectivity index (χ1n) is 6.17. The molecule has 0 radical (unpaired) electrons. The number of rotatable bonds is 4. The topological polar surface area (TPSA) is 99.6 Å². The van der Waals surface area contributed by atoms with Gasteiger partial charge in [-0.1, -0.05) is 0 Å². The summed E-state index contributed by atoms with van der Waals surface area (Å²) in [4.78, 5) is 40.3. The molecular formula is C12H15N3O4S. The molecular weight excluding hydrogens is 282 g/mol. The molecule has 1 aromatic rings. The van der Waals surface area contributed by atoms with Crippen LogP contribution in [0.1, 0.15) is 17.1 Å². The lowest BCUT2D eigenvalue weighted by atomic mass is 10.1. The number of nitrogens with one attached hydrogen (secondary N) is 1. The Morgan fingerprint density at radius 2 is 2.35 bits per heavy atom. The molecule has 2 amide bonds. The van der Waals surface area contributed by atoms with Gasteiger partial charge >= 0.3 is 5.97 Å². The molecule has 108 valence electrons. The van der Waals surface area contributed by atoms with Crippen molar-refractivity contribution in [2.45, 2.75) is 25.8 Å². The molecule has 0 saturated carbocycles. The van der Waals surface area contributed by atoms with Gasteiger partial charge < -0.3 is 15.3 Å². The summed E-state index contributed by atoms with van der Waals surface area (Å²) in [5.41, 5.74) is 0.651. The van der Waals surface area contributed by atoms with Crippen molar-refractivity contribution in [3.8, 4) is 0 Å². The van der Waals surface area contributed by atoms with Gasteiger partial charge in [0.15, 0.2) is 0 Å². The second kappa shape index (κ2) is 6.00. The number of carbonyl (C=O) groups is 3. The zero-order valence-electron chi connectivity index (χ0n) is 11.0. The monoisotopic (exact) mass is 297 g/mol. The molecule has 1 aliphatic rings. The summed E-state index contributed by atoms with van der Waals surface area (Å²) in [7, 11) is 0. The number of piperazine rings is 1. The number of thiazole rings is 1. The predicted molar refractivity (Wildman–Crippen MR) is 71.3 cm³/mol. The number of aromatic nitrogens is 1. The van der Waals surface area contributed by atoms with Crippen LogP contribution in [0.4, 0.5) is 0 Å². The van der Waals surface area contributed by atoms with Gasteiger partial charge in [0.05, 0.1) is 23.5 Å². The number of hydrogen-bond donors (Lipinski definition) is 2.